The van der Waals surface area contributed by atoms with E-state index < -0.39 is 5.97 Å². The number of halogens is 2. The molecule has 1 aromatic carbocycles. The van der Waals surface area contributed by atoms with E-state index in [2.05, 4.69) is 0 Å². The number of nitrogens with zero attached hydrogens (tertiary/aromatic N) is 1. The molecule has 0 aliphatic heterocycles. The lowest BCUT2D eigenvalue weighted by Crippen LogP contribution is -2.04. The molecule has 0 spiro atoms. The number of rotatable bonds is 1. The second kappa shape index (κ2) is 3.43. The summed E-state index contributed by atoms with van der Waals surface area (Å²) in [6.45, 7) is 0. The number of hydrogen-bond donors (Lipinski definition) is 1. The van der Waals surface area contributed by atoms with Crippen molar-refractivity contribution in [3.63, 3.8) is 0 Å². The average Bonchev–Trinajstić information content (AvgIpc) is 2.40. The molecule has 3 nitrogen and oxygen atoms in total. The van der Waals surface area contributed by atoms with Gasteiger partial charge in [-0.2, -0.15) is 0 Å². The molecule has 0 bridgehead atoms. The molecule has 0 aliphatic carbocycles. The van der Waals surface area contributed by atoms with Crippen molar-refractivity contribution in [2.45, 2.75) is 0 Å². The topological polar surface area (TPSA) is 42.2 Å². The van der Waals surface area contributed by atoms with Crippen LogP contribution in [-0.2, 0) is 7.05 Å². The average molecular weight is 244 g/mol. The van der Waals surface area contributed by atoms with E-state index in [1.807, 2.05) is 0 Å². The highest BCUT2D eigenvalue weighted by molar-refractivity contribution is 6.44. The molecule has 1 N–H and O–H groups in total. The number of benzene rings is 1. The molecule has 0 fully saturated rings. The molecule has 1 heterocycles. The molecule has 0 radical (unpaired) electrons. The normalized spacial score (nSPS) is 10.9. The van der Waals surface area contributed by atoms with E-state index in [9.17, 15) is 4.79 Å². The second-order valence-electron chi connectivity index (χ2n) is 3.16. The van der Waals surface area contributed by atoms with Gasteiger partial charge in [0.15, 0.2) is 0 Å². The molecule has 0 aliphatic rings. The zero-order valence-electron chi connectivity index (χ0n) is 7.79. The van der Waals surface area contributed by atoms with Gasteiger partial charge in [0.05, 0.1) is 15.6 Å². The van der Waals surface area contributed by atoms with Crippen molar-refractivity contribution in [1.29, 1.82) is 0 Å². The van der Waals surface area contributed by atoms with Crippen LogP contribution in [0.25, 0.3) is 10.9 Å². The van der Waals surface area contributed by atoms with Gasteiger partial charge in [0.2, 0.25) is 0 Å². The fraction of sp³-hybridized carbons (Fsp3) is 0.100. The summed E-state index contributed by atoms with van der Waals surface area (Å²) in [5.74, 6) is -1.06. The molecule has 2 aromatic rings. The Kier molecular flexibility index (Phi) is 2.37. The third kappa shape index (κ3) is 1.39. The number of carboxylic acids is 1. The van der Waals surface area contributed by atoms with Crippen LogP contribution < -0.4 is 0 Å². The minimum absolute atomic E-state index is 0.0553. The molecule has 1 aromatic heterocycles. The van der Waals surface area contributed by atoms with Crippen LogP contribution in [0.5, 0.6) is 0 Å². The number of carbonyl (C=O) groups is 1. The Balaban J connectivity index is 2.98. The Morgan fingerprint density at radius 1 is 1.40 bits per heavy atom. The van der Waals surface area contributed by atoms with Gasteiger partial charge < -0.3 is 9.67 Å². The highest BCUT2D eigenvalue weighted by Gasteiger charge is 2.20. The van der Waals surface area contributed by atoms with Gasteiger partial charge in [-0.15, -0.1) is 0 Å². The predicted octanol–water partition coefficient (Wildman–Crippen LogP) is 3.18. The molecule has 0 unspecified atom stereocenters. The molecule has 78 valence electrons. The molecule has 2 rings (SSSR count). The number of hydrogen-bond acceptors (Lipinski definition) is 1. The van der Waals surface area contributed by atoms with Crippen LogP contribution in [0.1, 0.15) is 10.5 Å². The summed E-state index contributed by atoms with van der Waals surface area (Å²) in [6, 6.07) is 5.22. The molecule has 0 saturated heterocycles. The Labute approximate surface area is 95.8 Å². The lowest BCUT2D eigenvalue weighted by Gasteiger charge is -1.98. The maximum atomic E-state index is 11.0. The molecule has 15 heavy (non-hydrogen) atoms. The first kappa shape index (κ1) is 10.3. The van der Waals surface area contributed by atoms with Crippen LogP contribution in [0.3, 0.4) is 0 Å². The van der Waals surface area contributed by atoms with Crippen molar-refractivity contribution in [2.24, 2.45) is 7.05 Å². The third-order valence-electron chi connectivity index (χ3n) is 2.32. The van der Waals surface area contributed by atoms with E-state index in [-0.39, 0.29) is 10.7 Å². The Hall–Kier alpha value is -1.19. The van der Waals surface area contributed by atoms with Gasteiger partial charge in [-0.25, -0.2) is 4.79 Å². The van der Waals surface area contributed by atoms with Gasteiger partial charge >= 0.3 is 5.97 Å². The number of aromatic nitrogens is 1. The van der Waals surface area contributed by atoms with Crippen molar-refractivity contribution < 1.29 is 9.90 Å². The van der Waals surface area contributed by atoms with Gasteiger partial charge in [-0.1, -0.05) is 29.3 Å². The smallest absolute Gasteiger partial charge is 0.354 e. The van der Waals surface area contributed by atoms with Crippen LogP contribution in [0, 0.1) is 0 Å². The van der Waals surface area contributed by atoms with Crippen molar-refractivity contribution in [3.05, 3.63) is 33.9 Å². The van der Waals surface area contributed by atoms with Gasteiger partial charge in [-0.05, 0) is 12.1 Å². The Bertz CT molecular complexity index is 560. The lowest BCUT2D eigenvalue weighted by molar-refractivity contribution is 0.0687. The summed E-state index contributed by atoms with van der Waals surface area (Å²) in [7, 11) is 1.65. The SMILES string of the molecule is Cn1c(C(=O)O)c(Cl)c2c(Cl)cccc21. The van der Waals surface area contributed by atoms with E-state index in [0.29, 0.717) is 15.9 Å². The highest BCUT2D eigenvalue weighted by atomic mass is 35.5. The first-order valence-electron chi connectivity index (χ1n) is 4.19. The highest BCUT2D eigenvalue weighted by Crippen LogP contribution is 2.34. The Morgan fingerprint density at radius 2 is 2.07 bits per heavy atom. The molecule has 0 amide bonds. The lowest BCUT2D eigenvalue weighted by atomic mass is 10.2. The minimum Gasteiger partial charge on any atom is -0.477 e. The van der Waals surface area contributed by atoms with Crippen LogP contribution in [0.4, 0.5) is 0 Å². The quantitative estimate of drug-likeness (QED) is 0.836. The summed E-state index contributed by atoms with van der Waals surface area (Å²) >= 11 is 11.9. The van der Waals surface area contributed by atoms with Crippen LogP contribution in [-0.4, -0.2) is 15.6 Å². The molecule has 0 atom stereocenters. The molecular weight excluding hydrogens is 237 g/mol. The number of aromatic carboxylic acids is 1. The van der Waals surface area contributed by atoms with Gasteiger partial charge in [-0.3, -0.25) is 0 Å². The van der Waals surface area contributed by atoms with Crippen LogP contribution in [0.15, 0.2) is 18.2 Å². The maximum absolute atomic E-state index is 11.0. The third-order valence-corrected chi connectivity index (χ3v) is 3.00. The molecule has 0 saturated carbocycles. The molecule has 5 heteroatoms. The first-order chi connectivity index (χ1) is 7.04. The monoisotopic (exact) mass is 243 g/mol. The molecular formula is C10H7Cl2NO2. The van der Waals surface area contributed by atoms with E-state index >= 15 is 0 Å². The van der Waals surface area contributed by atoms with Gasteiger partial charge in [0, 0.05) is 12.4 Å². The predicted molar refractivity (Wildman–Crippen MR) is 59.9 cm³/mol. The summed E-state index contributed by atoms with van der Waals surface area (Å²) in [4.78, 5) is 11.0. The minimum atomic E-state index is -1.06. The summed E-state index contributed by atoms with van der Waals surface area (Å²) in [5.41, 5.74) is 0.768. The maximum Gasteiger partial charge on any atom is 0.354 e. The number of aryl methyl sites for hydroxylation is 1. The van der Waals surface area contributed by atoms with Crippen molar-refractivity contribution >= 4 is 40.1 Å². The first-order valence-corrected chi connectivity index (χ1v) is 4.95. The van der Waals surface area contributed by atoms with E-state index in [4.69, 9.17) is 28.3 Å². The van der Waals surface area contributed by atoms with E-state index in [1.165, 1.54) is 4.57 Å². The Morgan fingerprint density at radius 3 is 2.60 bits per heavy atom. The van der Waals surface area contributed by atoms with Gasteiger partial charge in [0.25, 0.3) is 0 Å². The van der Waals surface area contributed by atoms with Crippen molar-refractivity contribution in [3.8, 4) is 0 Å². The van der Waals surface area contributed by atoms with Crippen molar-refractivity contribution in [1.82, 2.24) is 4.57 Å². The standard InChI is InChI=1S/C10H7Cl2NO2/c1-13-6-4-2-3-5(11)7(6)8(12)9(13)10(14)15/h2-4H,1H3,(H,14,15). The number of carboxylic acid groups (broad SMARTS) is 1. The summed E-state index contributed by atoms with van der Waals surface area (Å²) in [6.07, 6.45) is 0. The van der Waals surface area contributed by atoms with Crippen LogP contribution >= 0.6 is 23.2 Å². The summed E-state index contributed by atoms with van der Waals surface area (Å²) in [5, 5.41) is 10.2. The fourth-order valence-corrected chi connectivity index (χ4v) is 2.35. The van der Waals surface area contributed by atoms with Crippen LogP contribution in [0.2, 0.25) is 10.0 Å². The van der Waals surface area contributed by atoms with Gasteiger partial charge in [0.1, 0.15) is 5.69 Å². The second-order valence-corrected chi connectivity index (χ2v) is 3.95. The number of fused-ring (bicyclic) bond motifs is 1. The largest absolute Gasteiger partial charge is 0.477 e. The van der Waals surface area contributed by atoms with Crippen molar-refractivity contribution in [2.75, 3.05) is 0 Å². The fourth-order valence-electron chi connectivity index (χ4n) is 1.63. The zero-order chi connectivity index (χ0) is 11.2. The zero-order valence-corrected chi connectivity index (χ0v) is 9.30. The summed E-state index contributed by atoms with van der Waals surface area (Å²) < 4.78 is 1.52. The van der Waals surface area contributed by atoms with E-state index in [0.717, 1.165) is 0 Å². The van der Waals surface area contributed by atoms with E-state index in [1.54, 1.807) is 25.2 Å².